The zero-order valence-electron chi connectivity index (χ0n) is 10.7. The van der Waals surface area contributed by atoms with Crippen molar-refractivity contribution in [1.82, 2.24) is 0 Å². The van der Waals surface area contributed by atoms with Gasteiger partial charge in [0.2, 0.25) is 0 Å². The van der Waals surface area contributed by atoms with Crippen LogP contribution in [0.5, 0.6) is 5.75 Å². The highest BCUT2D eigenvalue weighted by Gasteiger charge is 2.03. The van der Waals surface area contributed by atoms with E-state index in [0.29, 0.717) is 12.2 Å². The lowest BCUT2D eigenvalue weighted by Gasteiger charge is -2.14. The summed E-state index contributed by atoms with van der Waals surface area (Å²) in [7, 11) is 0. The predicted octanol–water partition coefficient (Wildman–Crippen LogP) is 3.40. The van der Waals surface area contributed by atoms with Crippen LogP contribution in [-0.2, 0) is 0 Å². The number of nitrogens with zero attached hydrogens (tertiary/aromatic N) is 1. The van der Waals surface area contributed by atoms with Crippen molar-refractivity contribution in [3.8, 4) is 11.8 Å². The Hall–Kier alpha value is -2.67. The second kappa shape index (κ2) is 6.31. The monoisotopic (exact) mass is 253 g/mol. The second-order valence-corrected chi connectivity index (χ2v) is 3.84. The van der Waals surface area contributed by atoms with Gasteiger partial charge in [0.15, 0.2) is 0 Å². The molecule has 96 valence electrons. The van der Waals surface area contributed by atoms with Gasteiger partial charge in [-0.05, 0) is 31.2 Å². The van der Waals surface area contributed by atoms with Gasteiger partial charge in [0.1, 0.15) is 11.8 Å². The summed E-state index contributed by atoms with van der Waals surface area (Å²) in [5.74, 6) is 0.770. The van der Waals surface area contributed by atoms with Gasteiger partial charge in [-0.2, -0.15) is 5.26 Å². The van der Waals surface area contributed by atoms with E-state index >= 15 is 0 Å². The van der Waals surface area contributed by atoms with Gasteiger partial charge >= 0.3 is 0 Å². The average molecular weight is 253 g/mol. The maximum absolute atomic E-state index is 9.01. The molecule has 0 radical (unpaired) electrons. The molecule has 0 bridgehead atoms. The van der Waals surface area contributed by atoms with Crippen LogP contribution in [0.3, 0.4) is 0 Å². The summed E-state index contributed by atoms with van der Waals surface area (Å²) in [4.78, 5) is 0. The molecular weight excluding hydrogens is 238 g/mol. The molecule has 0 saturated heterocycles. The molecule has 0 fully saturated rings. The Kier molecular flexibility index (Phi) is 4.25. The van der Waals surface area contributed by atoms with Crippen LogP contribution in [0.15, 0.2) is 48.5 Å². The zero-order chi connectivity index (χ0) is 13.5. The third-order valence-electron chi connectivity index (χ3n) is 2.57. The van der Waals surface area contributed by atoms with Crippen molar-refractivity contribution in [3.63, 3.8) is 0 Å². The third-order valence-corrected chi connectivity index (χ3v) is 2.57. The van der Waals surface area contributed by atoms with E-state index in [2.05, 4.69) is 16.9 Å². The number of ether oxygens (including phenoxy) is 1. The maximum atomic E-state index is 9.01. The fourth-order valence-corrected chi connectivity index (χ4v) is 1.68. The summed E-state index contributed by atoms with van der Waals surface area (Å²) < 4.78 is 5.51. The minimum Gasteiger partial charge on any atom is -0.492 e. The van der Waals surface area contributed by atoms with Gasteiger partial charge < -0.3 is 4.74 Å². The number of anilines is 2. The average Bonchev–Trinajstić information content (AvgIpc) is 2.47. The fraction of sp³-hybridized carbons (Fsp3) is 0.133. The van der Waals surface area contributed by atoms with Gasteiger partial charge in [-0.3, -0.25) is 10.9 Å². The van der Waals surface area contributed by atoms with Crippen LogP contribution >= 0.6 is 0 Å². The molecule has 0 saturated carbocycles. The summed E-state index contributed by atoms with van der Waals surface area (Å²) in [6, 6.07) is 17.1. The molecule has 4 nitrogen and oxygen atoms in total. The molecule has 2 aromatic rings. The minimum atomic E-state index is 0.587. The van der Waals surface area contributed by atoms with E-state index in [1.54, 1.807) is 6.07 Å². The number of hydrazine groups is 1. The van der Waals surface area contributed by atoms with Gasteiger partial charge in [0, 0.05) is 0 Å². The first-order chi connectivity index (χ1) is 9.35. The van der Waals surface area contributed by atoms with Crippen LogP contribution in [-0.4, -0.2) is 6.61 Å². The van der Waals surface area contributed by atoms with Gasteiger partial charge in [0.25, 0.3) is 0 Å². The lowest BCUT2D eigenvalue weighted by Crippen LogP contribution is -2.11. The van der Waals surface area contributed by atoms with E-state index in [4.69, 9.17) is 10.00 Å². The summed E-state index contributed by atoms with van der Waals surface area (Å²) in [5.41, 5.74) is 8.24. The van der Waals surface area contributed by atoms with Gasteiger partial charge in [-0.15, -0.1) is 0 Å². The highest BCUT2D eigenvalue weighted by molar-refractivity contribution is 5.64. The molecule has 0 heterocycles. The molecule has 0 aliphatic rings. The van der Waals surface area contributed by atoms with Crippen molar-refractivity contribution < 1.29 is 4.74 Å². The van der Waals surface area contributed by atoms with Gasteiger partial charge in [-0.1, -0.05) is 24.3 Å². The first-order valence-electron chi connectivity index (χ1n) is 6.08. The Morgan fingerprint density at radius 1 is 1.00 bits per heavy atom. The number of nitrogens with one attached hydrogen (secondary N) is 2. The smallest absolute Gasteiger partial charge is 0.144 e. The van der Waals surface area contributed by atoms with E-state index in [1.165, 1.54) is 0 Å². The Bertz CT molecular complexity index is 590. The van der Waals surface area contributed by atoms with Crippen molar-refractivity contribution in [3.05, 3.63) is 54.1 Å². The molecule has 2 rings (SSSR count). The van der Waals surface area contributed by atoms with Gasteiger partial charge in [0.05, 0.1) is 23.5 Å². The van der Waals surface area contributed by atoms with Crippen molar-refractivity contribution in [2.45, 2.75) is 6.92 Å². The first kappa shape index (κ1) is 12.8. The first-order valence-corrected chi connectivity index (χ1v) is 6.08. The van der Waals surface area contributed by atoms with Crippen LogP contribution in [0.2, 0.25) is 0 Å². The Balaban J connectivity index is 2.13. The van der Waals surface area contributed by atoms with Crippen LogP contribution in [0.25, 0.3) is 0 Å². The molecule has 19 heavy (non-hydrogen) atoms. The largest absolute Gasteiger partial charge is 0.492 e. The number of nitriles is 1. The maximum Gasteiger partial charge on any atom is 0.144 e. The lowest BCUT2D eigenvalue weighted by molar-refractivity contribution is 0.342. The van der Waals surface area contributed by atoms with Crippen molar-refractivity contribution in [1.29, 1.82) is 5.26 Å². The molecule has 2 aromatic carbocycles. The van der Waals surface area contributed by atoms with Crippen LogP contribution in [0.4, 0.5) is 11.4 Å². The van der Waals surface area contributed by atoms with E-state index in [1.807, 2.05) is 49.4 Å². The number of hydrogen-bond donors (Lipinski definition) is 2. The minimum absolute atomic E-state index is 0.587. The van der Waals surface area contributed by atoms with E-state index < -0.39 is 0 Å². The molecule has 0 spiro atoms. The molecule has 0 aromatic heterocycles. The van der Waals surface area contributed by atoms with Crippen molar-refractivity contribution in [2.24, 2.45) is 0 Å². The Labute approximate surface area is 112 Å². The third kappa shape index (κ3) is 3.17. The molecule has 0 amide bonds. The van der Waals surface area contributed by atoms with Gasteiger partial charge in [-0.25, -0.2) is 0 Å². The second-order valence-electron chi connectivity index (χ2n) is 3.84. The molecular formula is C15H15N3O. The quantitative estimate of drug-likeness (QED) is 0.802. The standard InChI is InChI=1S/C15H15N3O/c1-2-19-15-10-6-5-9-14(15)18-17-13-8-4-3-7-12(13)11-16/h3-10,17-18H,2H2,1H3. The molecule has 4 heteroatoms. The summed E-state index contributed by atoms with van der Waals surface area (Å²) in [6.07, 6.45) is 0. The normalized spacial score (nSPS) is 9.47. The van der Waals surface area contributed by atoms with E-state index in [9.17, 15) is 0 Å². The van der Waals surface area contributed by atoms with Crippen LogP contribution in [0, 0.1) is 11.3 Å². The topological polar surface area (TPSA) is 57.1 Å². The zero-order valence-corrected chi connectivity index (χ0v) is 10.7. The van der Waals surface area contributed by atoms with Crippen LogP contribution in [0.1, 0.15) is 12.5 Å². The highest BCUT2D eigenvalue weighted by atomic mass is 16.5. The number of rotatable bonds is 5. The molecule has 2 N–H and O–H groups in total. The van der Waals surface area contributed by atoms with E-state index in [0.717, 1.165) is 17.1 Å². The summed E-state index contributed by atoms with van der Waals surface area (Å²) >= 11 is 0. The van der Waals surface area contributed by atoms with Crippen molar-refractivity contribution in [2.75, 3.05) is 17.5 Å². The fourth-order valence-electron chi connectivity index (χ4n) is 1.68. The van der Waals surface area contributed by atoms with Crippen molar-refractivity contribution >= 4 is 11.4 Å². The lowest BCUT2D eigenvalue weighted by atomic mass is 10.2. The predicted molar refractivity (Wildman–Crippen MR) is 76.0 cm³/mol. The van der Waals surface area contributed by atoms with E-state index in [-0.39, 0.29) is 0 Å². The molecule has 0 atom stereocenters. The van der Waals surface area contributed by atoms with Crippen LogP contribution < -0.4 is 15.6 Å². The highest BCUT2D eigenvalue weighted by Crippen LogP contribution is 2.24. The molecule has 0 aliphatic heterocycles. The Morgan fingerprint density at radius 2 is 1.63 bits per heavy atom. The number of benzene rings is 2. The molecule has 0 unspecified atom stereocenters. The number of hydrogen-bond acceptors (Lipinski definition) is 4. The number of para-hydroxylation sites is 3. The Morgan fingerprint density at radius 3 is 2.37 bits per heavy atom. The summed E-state index contributed by atoms with van der Waals surface area (Å²) in [5, 5.41) is 9.01. The molecule has 0 aliphatic carbocycles. The SMILES string of the molecule is CCOc1ccccc1NNc1ccccc1C#N. The summed E-state index contributed by atoms with van der Waals surface area (Å²) in [6.45, 7) is 2.54.